The van der Waals surface area contributed by atoms with Crippen LogP contribution < -0.4 is 20.3 Å². The van der Waals surface area contributed by atoms with Crippen LogP contribution in [0.1, 0.15) is 5.56 Å². The smallest absolute Gasteiger partial charge is 0.276 e. The van der Waals surface area contributed by atoms with Crippen LogP contribution in [0.2, 0.25) is 5.02 Å². The molecular weight excluding hydrogens is 346 g/mol. The van der Waals surface area contributed by atoms with E-state index in [1.165, 1.54) is 0 Å². The molecular formula is C17H14ClN3O4. The number of rotatable bonds is 6. The van der Waals surface area contributed by atoms with Crippen LogP contribution in [-0.4, -0.2) is 25.0 Å². The Morgan fingerprint density at radius 2 is 1.68 bits per heavy atom. The summed E-state index contributed by atoms with van der Waals surface area (Å²) in [6, 6.07) is 15.0. The second kappa shape index (κ2) is 9.15. The number of carbonyl (C=O) groups is 2. The third kappa shape index (κ3) is 6.05. The Labute approximate surface area is 149 Å². The maximum atomic E-state index is 11.6. The molecule has 2 amide bonds. The summed E-state index contributed by atoms with van der Waals surface area (Å²) in [6.07, 6.45) is 0. The molecule has 0 atom stereocenters. The lowest BCUT2D eigenvalue weighted by Crippen LogP contribution is -2.45. The quantitative estimate of drug-likeness (QED) is 0.766. The number of benzene rings is 2. The Hall–Kier alpha value is -3.24. The molecule has 7 nitrogen and oxygen atoms in total. The van der Waals surface area contributed by atoms with Crippen molar-refractivity contribution in [3.8, 4) is 17.6 Å². The topological polar surface area (TPSA) is 100 Å². The van der Waals surface area contributed by atoms with Crippen LogP contribution in [0.15, 0.2) is 48.5 Å². The van der Waals surface area contributed by atoms with Crippen LogP contribution in [0.3, 0.4) is 0 Å². The Balaban J connectivity index is 1.71. The zero-order valence-corrected chi connectivity index (χ0v) is 13.7. The van der Waals surface area contributed by atoms with Gasteiger partial charge in [0, 0.05) is 5.02 Å². The first-order valence-electron chi connectivity index (χ1n) is 7.16. The molecule has 8 heteroatoms. The van der Waals surface area contributed by atoms with Crippen LogP contribution in [0.5, 0.6) is 11.5 Å². The van der Waals surface area contributed by atoms with Crippen molar-refractivity contribution in [2.75, 3.05) is 13.2 Å². The molecule has 2 rings (SSSR count). The van der Waals surface area contributed by atoms with Crippen LogP contribution in [0.4, 0.5) is 0 Å². The zero-order chi connectivity index (χ0) is 18.1. The Morgan fingerprint density at radius 3 is 2.36 bits per heavy atom. The molecule has 2 N–H and O–H groups in total. The van der Waals surface area contributed by atoms with Gasteiger partial charge in [-0.15, -0.1) is 0 Å². The molecule has 0 aromatic heterocycles. The summed E-state index contributed by atoms with van der Waals surface area (Å²) in [5.41, 5.74) is 4.69. The third-order valence-corrected chi connectivity index (χ3v) is 3.11. The van der Waals surface area contributed by atoms with E-state index in [1.807, 2.05) is 6.07 Å². The first-order chi connectivity index (χ1) is 12.1. The first-order valence-corrected chi connectivity index (χ1v) is 7.54. The van der Waals surface area contributed by atoms with Crippen molar-refractivity contribution in [1.29, 1.82) is 5.26 Å². The minimum Gasteiger partial charge on any atom is -0.484 e. The van der Waals surface area contributed by atoms with E-state index in [4.69, 9.17) is 26.3 Å². The van der Waals surface area contributed by atoms with Crippen LogP contribution in [0.25, 0.3) is 0 Å². The van der Waals surface area contributed by atoms with Gasteiger partial charge in [0.2, 0.25) is 0 Å². The Bertz CT molecular complexity index is 804. The minimum absolute atomic E-state index is 0.288. The average molecular weight is 360 g/mol. The second-order valence-corrected chi connectivity index (χ2v) is 5.18. The number of amides is 2. The van der Waals surface area contributed by atoms with Gasteiger partial charge >= 0.3 is 0 Å². The van der Waals surface area contributed by atoms with Crippen molar-refractivity contribution in [3.05, 3.63) is 59.1 Å². The van der Waals surface area contributed by atoms with Gasteiger partial charge in [-0.2, -0.15) is 5.26 Å². The van der Waals surface area contributed by atoms with Gasteiger partial charge in [-0.1, -0.05) is 29.8 Å². The van der Waals surface area contributed by atoms with Crippen molar-refractivity contribution in [2.45, 2.75) is 0 Å². The van der Waals surface area contributed by atoms with Gasteiger partial charge in [-0.25, -0.2) is 0 Å². The normalized spacial score (nSPS) is 9.60. The molecule has 0 spiro atoms. The van der Waals surface area contributed by atoms with E-state index in [0.717, 1.165) is 0 Å². The maximum absolute atomic E-state index is 11.6. The number of hydrogen-bond donors (Lipinski definition) is 2. The average Bonchev–Trinajstić information content (AvgIpc) is 2.63. The van der Waals surface area contributed by atoms with Crippen molar-refractivity contribution in [3.63, 3.8) is 0 Å². The van der Waals surface area contributed by atoms with Crippen LogP contribution in [0, 0.1) is 11.3 Å². The van der Waals surface area contributed by atoms with Gasteiger partial charge in [0.05, 0.1) is 5.56 Å². The Morgan fingerprint density at radius 1 is 1.00 bits per heavy atom. The zero-order valence-electron chi connectivity index (χ0n) is 13.0. The highest BCUT2D eigenvalue weighted by atomic mass is 35.5. The number of para-hydroxylation sites is 1. The first kappa shape index (κ1) is 18.1. The second-order valence-electron chi connectivity index (χ2n) is 4.74. The molecule has 0 saturated carbocycles. The van der Waals surface area contributed by atoms with E-state index in [0.29, 0.717) is 16.3 Å². The molecule has 2 aromatic carbocycles. The van der Waals surface area contributed by atoms with E-state index < -0.39 is 11.8 Å². The molecule has 0 saturated heterocycles. The predicted octanol–water partition coefficient (Wildman–Crippen LogP) is 1.82. The van der Waals surface area contributed by atoms with Crippen molar-refractivity contribution in [2.24, 2.45) is 0 Å². The fourth-order valence-electron chi connectivity index (χ4n) is 1.75. The standard InChI is InChI=1S/C17H14ClN3O4/c18-13-5-3-6-14(8-13)24-10-16(22)20-21-17(23)11-25-15-7-2-1-4-12(15)9-19/h1-8H,10-11H2,(H,20,22)(H,21,23). The number of hydrogen-bond acceptors (Lipinski definition) is 5. The predicted molar refractivity (Wildman–Crippen MR) is 89.9 cm³/mol. The van der Waals surface area contributed by atoms with E-state index in [1.54, 1.807) is 48.5 Å². The summed E-state index contributed by atoms with van der Waals surface area (Å²) in [5, 5.41) is 9.41. The monoisotopic (exact) mass is 359 g/mol. The minimum atomic E-state index is -0.580. The van der Waals surface area contributed by atoms with Crippen LogP contribution in [-0.2, 0) is 9.59 Å². The number of halogens is 1. The summed E-state index contributed by atoms with van der Waals surface area (Å²) in [4.78, 5) is 23.3. The number of carbonyl (C=O) groups excluding carboxylic acids is 2. The molecule has 128 valence electrons. The highest BCUT2D eigenvalue weighted by Crippen LogP contribution is 2.17. The largest absolute Gasteiger partial charge is 0.484 e. The highest BCUT2D eigenvalue weighted by molar-refractivity contribution is 6.30. The van der Waals surface area contributed by atoms with E-state index >= 15 is 0 Å². The number of nitrogens with one attached hydrogen (secondary N) is 2. The van der Waals surface area contributed by atoms with Gasteiger partial charge in [-0.05, 0) is 30.3 Å². The van der Waals surface area contributed by atoms with Crippen LogP contribution >= 0.6 is 11.6 Å². The third-order valence-electron chi connectivity index (χ3n) is 2.87. The fourth-order valence-corrected chi connectivity index (χ4v) is 1.93. The van der Waals surface area contributed by atoms with E-state index in [-0.39, 0.29) is 19.0 Å². The highest BCUT2D eigenvalue weighted by Gasteiger charge is 2.08. The van der Waals surface area contributed by atoms with E-state index in [2.05, 4.69) is 10.9 Å². The van der Waals surface area contributed by atoms with Gasteiger partial charge < -0.3 is 9.47 Å². The number of ether oxygens (including phenoxy) is 2. The maximum Gasteiger partial charge on any atom is 0.276 e. The lowest BCUT2D eigenvalue weighted by atomic mass is 10.2. The van der Waals surface area contributed by atoms with Gasteiger partial charge in [0.1, 0.15) is 17.6 Å². The molecule has 0 radical (unpaired) electrons. The van der Waals surface area contributed by atoms with Crippen molar-refractivity contribution >= 4 is 23.4 Å². The summed E-state index contributed by atoms with van der Waals surface area (Å²) in [7, 11) is 0. The number of nitriles is 1. The van der Waals surface area contributed by atoms with Gasteiger partial charge in [0.25, 0.3) is 11.8 Å². The SMILES string of the molecule is N#Cc1ccccc1OCC(=O)NNC(=O)COc1cccc(Cl)c1. The summed E-state index contributed by atoms with van der Waals surface area (Å²) < 4.78 is 10.5. The summed E-state index contributed by atoms with van der Waals surface area (Å²) in [6.45, 7) is -0.646. The molecule has 0 unspecified atom stereocenters. The number of hydrazine groups is 1. The molecule has 25 heavy (non-hydrogen) atoms. The number of nitrogens with zero attached hydrogens (tertiary/aromatic N) is 1. The fraction of sp³-hybridized carbons (Fsp3) is 0.118. The molecule has 2 aromatic rings. The molecule has 0 aliphatic heterocycles. The Kier molecular flexibility index (Phi) is 6.63. The van der Waals surface area contributed by atoms with Crippen molar-refractivity contribution in [1.82, 2.24) is 10.9 Å². The molecule has 0 aliphatic carbocycles. The van der Waals surface area contributed by atoms with Gasteiger partial charge in [-0.3, -0.25) is 20.4 Å². The van der Waals surface area contributed by atoms with Gasteiger partial charge in [0.15, 0.2) is 13.2 Å². The molecule has 0 heterocycles. The lowest BCUT2D eigenvalue weighted by Gasteiger charge is -2.10. The molecule has 0 bridgehead atoms. The lowest BCUT2D eigenvalue weighted by molar-refractivity contribution is -0.131. The van der Waals surface area contributed by atoms with Crippen molar-refractivity contribution < 1.29 is 19.1 Å². The molecule has 0 aliphatic rings. The summed E-state index contributed by atoms with van der Waals surface area (Å²) >= 11 is 5.80. The van der Waals surface area contributed by atoms with E-state index in [9.17, 15) is 9.59 Å². The molecule has 0 fully saturated rings. The summed E-state index contributed by atoms with van der Waals surface area (Å²) in [5.74, 6) is -0.407.